The molecule has 1 atom stereocenters. The maximum absolute atomic E-state index is 12.7. The van der Waals surface area contributed by atoms with Crippen LogP contribution in [-0.2, 0) is 0 Å². The van der Waals surface area contributed by atoms with Gasteiger partial charge in [0.05, 0.1) is 17.6 Å². The molecule has 1 heterocycles. The zero-order valence-corrected chi connectivity index (χ0v) is 9.74. The molecule has 1 aromatic carbocycles. The topological polar surface area (TPSA) is 27.0 Å². The van der Waals surface area contributed by atoms with Crippen molar-refractivity contribution in [2.45, 2.75) is 19.0 Å². The number of benzene rings is 1. The van der Waals surface area contributed by atoms with Crippen molar-refractivity contribution in [3.05, 3.63) is 29.8 Å². The Kier molecular flexibility index (Phi) is 3.46. The highest BCUT2D eigenvalue weighted by Crippen LogP contribution is 2.34. The fourth-order valence-electron chi connectivity index (χ4n) is 2.25. The zero-order chi connectivity index (χ0) is 13.2. The van der Waals surface area contributed by atoms with E-state index in [1.165, 1.54) is 0 Å². The van der Waals surface area contributed by atoms with Crippen LogP contribution in [0.3, 0.4) is 0 Å². The molecule has 0 radical (unpaired) electrons. The summed E-state index contributed by atoms with van der Waals surface area (Å²) in [6.07, 6.45) is -3.41. The first-order valence-electron chi connectivity index (χ1n) is 5.82. The normalized spacial score (nSPS) is 20.6. The van der Waals surface area contributed by atoms with Gasteiger partial charge in [-0.1, -0.05) is 6.07 Å². The molecule has 2 nitrogen and oxygen atoms in total. The molecule has 96 valence electrons. The van der Waals surface area contributed by atoms with E-state index in [0.29, 0.717) is 24.2 Å². The summed E-state index contributed by atoms with van der Waals surface area (Å²) in [4.78, 5) is 1.71. The Labute approximate surface area is 104 Å². The minimum Gasteiger partial charge on any atom is -0.371 e. The third-order valence-electron chi connectivity index (χ3n) is 3.22. The van der Waals surface area contributed by atoms with Gasteiger partial charge in [0.25, 0.3) is 0 Å². The van der Waals surface area contributed by atoms with Crippen LogP contribution in [0.2, 0.25) is 0 Å². The van der Waals surface area contributed by atoms with Crippen LogP contribution in [0.4, 0.5) is 18.9 Å². The van der Waals surface area contributed by atoms with Crippen LogP contribution >= 0.6 is 0 Å². The summed E-state index contributed by atoms with van der Waals surface area (Å²) in [5.74, 6) is -1.27. The second-order valence-corrected chi connectivity index (χ2v) is 4.49. The molecule has 1 fully saturated rings. The van der Waals surface area contributed by atoms with Crippen molar-refractivity contribution in [3.8, 4) is 6.07 Å². The van der Waals surface area contributed by atoms with E-state index >= 15 is 0 Å². The zero-order valence-electron chi connectivity index (χ0n) is 9.74. The van der Waals surface area contributed by atoms with Gasteiger partial charge in [-0.2, -0.15) is 18.4 Å². The lowest BCUT2D eigenvalue weighted by Crippen LogP contribution is -2.41. The average molecular weight is 254 g/mol. The van der Waals surface area contributed by atoms with E-state index in [-0.39, 0.29) is 13.0 Å². The monoisotopic (exact) mass is 254 g/mol. The number of nitriles is 1. The number of halogens is 3. The van der Waals surface area contributed by atoms with E-state index in [9.17, 15) is 13.2 Å². The van der Waals surface area contributed by atoms with Crippen molar-refractivity contribution in [1.82, 2.24) is 0 Å². The number of piperidine rings is 1. The minimum absolute atomic E-state index is 0.0155. The summed E-state index contributed by atoms with van der Waals surface area (Å²) in [5.41, 5.74) is 1.17. The summed E-state index contributed by atoms with van der Waals surface area (Å²) < 4.78 is 38.1. The standard InChI is InChI=1S/C13H13F3N2/c14-13(15,16)11-4-2-6-18(9-11)12-5-1-3-10(7-12)8-17/h1,3,5,7,11H,2,4,6,9H2. The van der Waals surface area contributed by atoms with Gasteiger partial charge in [0, 0.05) is 18.8 Å². The molecule has 0 aromatic heterocycles. The molecular weight excluding hydrogens is 241 g/mol. The molecular formula is C13H13F3N2. The van der Waals surface area contributed by atoms with Crippen LogP contribution in [-0.4, -0.2) is 19.3 Å². The number of anilines is 1. The third-order valence-corrected chi connectivity index (χ3v) is 3.22. The number of hydrogen-bond donors (Lipinski definition) is 0. The van der Waals surface area contributed by atoms with Crippen molar-refractivity contribution in [1.29, 1.82) is 5.26 Å². The van der Waals surface area contributed by atoms with E-state index < -0.39 is 12.1 Å². The van der Waals surface area contributed by atoms with Gasteiger partial charge in [-0.25, -0.2) is 0 Å². The van der Waals surface area contributed by atoms with Crippen LogP contribution < -0.4 is 4.90 Å². The Balaban J connectivity index is 2.16. The second kappa shape index (κ2) is 4.89. The van der Waals surface area contributed by atoms with Crippen LogP contribution in [0, 0.1) is 17.2 Å². The predicted octanol–water partition coefficient (Wildman–Crippen LogP) is 3.34. The van der Waals surface area contributed by atoms with Crippen molar-refractivity contribution in [3.63, 3.8) is 0 Å². The lowest BCUT2D eigenvalue weighted by atomic mass is 9.97. The van der Waals surface area contributed by atoms with E-state index in [0.717, 1.165) is 0 Å². The Bertz CT molecular complexity index is 462. The number of alkyl halides is 3. The highest BCUT2D eigenvalue weighted by atomic mass is 19.4. The Hall–Kier alpha value is -1.70. The van der Waals surface area contributed by atoms with Crippen LogP contribution in [0.25, 0.3) is 0 Å². The number of hydrogen-bond acceptors (Lipinski definition) is 2. The molecule has 0 amide bonds. The van der Waals surface area contributed by atoms with Crippen LogP contribution in [0.5, 0.6) is 0 Å². The molecule has 1 aromatic rings. The molecule has 0 bridgehead atoms. The van der Waals surface area contributed by atoms with Gasteiger partial charge in [-0.3, -0.25) is 0 Å². The summed E-state index contributed by atoms with van der Waals surface area (Å²) in [5, 5.41) is 8.79. The quantitative estimate of drug-likeness (QED) is 0.768. The average Bonchev–Trinajstić information content (AvgIpc) is 2.38. The Morgan fingerprint density at radius 2 is 2.11 bits per heavy atom. The largest absolute Gasteiger partial charge is 0.393 e. The molecule has 1 saturated heterocycles. The SMILES string of the molecule is N#Cc1cccc(N2CCCC(C(F)(F)F)C2)c1. The van der Waals surface area contributed by atoms with Gasteiger partial charge in [0.15, 0.2) is 0 Å². The van der Waals surface area contributed by atoms with E-state index in [2.05, 4.69) is 0 Å². The minimum atomic E-state index is -4.13. The molecule has 18 heavy (non-hydrogen) atoms. The molecule has 0 spiro atoms. The second-order valence-electron chi connectivity index (χ2n) is 4.49. The molecule has 2 rings (SSSR count). The first-order chi connectivity index (χ1) is 8.50. The molecule has 0 N–H and O–H groups in total. The molecule has 0 aliphatic carbocycles. The molecule has 1 aliphatic rings. The van der Waals surface area contributed by atoms with E-state index in [1.807, 2.05) is 6.07 Å². The summed E-state index contributed by atoms with van der Waals surface area (Å²) in [6, 6.07) is 8.73. The van der Waals surface area contributed by atoms with Gasteiger partial charge in [0.1, 0.15) is 0 Å². The van der Waals surface area contributed by atoms with Gasteiger partial charge >= 0.3 is 6.18 Å². The van der Waals surface area contributed by atoms with Crippen molar-refractivity contribution < 1.29 is 13.2 Å². The van der Waals surface area contributed by atoms with Crippen LogP contribution in [0.15, 0.2) is 24.3 Å². The molecule has 1 aliphatic heterocycles. The van der Waals surface area contributed by atoms with Gasteiger partial charge in [0.2, 0.25) is 0 Å². The van der Waals surface area contributed by atoms with Crippen LogP contribution in [0.1, 0.15) is 18.4 Å². The Morgan fingerprint density at radius 3 is 2.78 bits per heavy atom. The number of rotatable bonds is 1. The van der Waals surface area contributed by atoms with E-state index in [4.69, 9.17) is 5.26 Å². The molecule has 1 unspecified atom stereocenters. The maximum atomic E-state index is 12.7. The maximum Gasteiger partial charge on any atom is 0.393 e. The predicted molar refractivity (Wildman–Crippen MR) is 62.1 cm³/mol. The van der Waals surface area contributed by atoms with Gasteiger partial charge in [-0.05, 0) is 31.0 Å². The Morgan fingerprint density at radius 1 is 1.33 bits per heavy atom. The smallest absolute Gasteiger partial charge is 0.371 e. The lowest BCUT2D eigenvalue weighted by molar-refractivity contribution is -0.175. The van der Waals surface area contributed by atoms with E-state index in [1.54, 1.807) is 29.2 Å². The lowest BCUT2D eigenvalue weighted by Gasteiger charge is -2.35. The first kappa shape index (κ1) is 12.7. The summed E-state index contributed by atoms with van der Waals surface area (Å²) in [6.45, 7) is 0.597. The molecule has 0 saturated carbocycles. The van der Waals surface area contributed by atoms with Crippen molar-refractivity contribution in [2.24, 2.45) is 5.92 Å². The molecule has 5 heteroatoms. The van der Waals surface area contributed by atoms with Gasteiger partial charge in [-0.15, -0.1) is 0 Å². The van der Waals surface area contributed by atoms with Gasteiger partial charge < -0.3 is 4.90 Å². The highest BCUT2D eigenvalue weighted by Gasteiger charge is 2.41. The fourth-order valence-corrected chi connectivity index (χ4v) is 2.25. The van der Waals surface area contributed by atoms with Crippen molar-refractivity contribution >= 4 is 5.69 Å². The highest BCUT2D eigenvalue weighted by molar-refractivity contribution is 5.51. The van der Waals surface area contributed by atoms with Crippen molar-refractivity contribution in [2.75, 3.05) is 18.0 Å². The third kappa shape index (κ3) is 2.76. The summed E-state index contributed by atoms with van der Waals surface area (Å²) >= 11 is 0. The summed E-state index contributed by atoms with van der Waals surface area (Å²) in [7, 11) is 0. The number of nitrogens with zero attached hydrogens (tertiary/aromatic N) is 2. The fraction of sp³-hybridized carbons (Fsp3) is 0.462. The first-order valence-corrected chi connectivity index (χ1v) is 5.82.